The molecule has 2 heterocycles. The van der Waals surface area contributed by atoms with Gasteiger partial charge in [0.1, 0.15) is 0 Å². The number of carbonyl (C=O) groups excluding carboxylic acids is 2. The van der Waals surface area contributed by atoms with Gasteiger partial charge in [-0.05, 0) is 35.9 Å². The number of ether oxygens (including phenoxy) is 1. The highest BCUT2D eigenvalue weighted by Gasteiger charge is 2.44. The van der Waals surface area contributed by atoms with E-state index in [2.05, 4.69) is 5.32 Å². The molecular weight excluding hydrogens is 372 g/mol. The Kier molecular flexibility index (Phi) is 5.78. The van der Waals surface area contributed by atoms with Crippen LogP contribution in [0.25, 0.3) is 0 Å². The van der Waals surface area contributed by atoms with Crippen molar-refractivity contribution in [3.05, 3.63) is 57.8 Å². The fraction of sp³-hybridized carbons (Fsp3) is 0.455. The van der Waals surface area contributed by atoms with Crippen LogP contribution < -0.4 is 5.32 Å². The number of hydrogen-bond donors (Lipinski definition) is 1. The van der Waals surface area contributed by atoms with Gasteiger partial charge in [-0.1, -0.05) is 37.1 Å². The van der Waals surface area contributed by atoms with Crippen molar-refractivity contribution in [3.63, 3.8) is 0 Å². The van der Waals surface area contributed by atoms with Crippen LogP contribution in [0.5, 0.6) is 0 Å². The topological polar surface area (TPSA) is 58.6 Å². The molecule has 1 aromatic heterocycles. The quantitative estimate of drug-likeness (QED) is 0.807. The molecule has 0 radical (unpaired) electrons. The minimum atomic E-state index is -0.412. The molecule has 2 amide bonds. The summed E-state index contributed by atoms with van der Waals surface area (Å²) in [4.78, 5) is 29.6. The standard InChI is InChI=1S/C22H26N2O3S/c1-27-13-12-24-20(18-11-6-14-28-18)19(21(25)23-15-7-2-3-8-15)16-9-4-5-10-17(16)22(24)26/h4-6,9-11,14-15,19-20H,2-3,7-8,12-13H2,1H3,(H,23,25)/t19-,20-/m0/s1. The maximum atomic E-state index is 13.5. The van der Waals surface area contributed by atoms with Crippen molar-refractivity contribution in [1.29, 1.82) is 0 Å². The summed E-state index contributed by atoms with van der Waals surface area (Å²) in [5.74, 6) is -0.423. The SMILES string of the molecule is COCCN1C(=O)c2ccccc2[C@H](C(=O)NC2CCCC2)[C@@H]1c1cccs1. The molecule has 0 spiro atoms. The monoisotopic (exact) mass is 398 g/mol. The lowest BCUT2D eigenvalue weighted by Crippen LogP contribution is -2.49. The number of hydrogen-bond acceptors (Lipinski definition) is 4. The van der Waals surface area contributed by atoms with E-state index < -0.39 is 5.92 Å². The number of carbonyl (C=O) groups is 2. The largest absolute Gasteiger partial charge is 0.383 e. The molecule has 0 unspecified atom stereocenters. The Morgan fingerprint density at radius 1 is 1.21 bits per heavy atom. The Morgan fingerprint density at radius 2 is 2.00 bits per heavy atom. The summed E-state index contributed by atoms with van der Waals surface area (Å²) in [5.41, 5.74) is 1.45. The zero-order chi connectivity index (χ0) is 19.5. The van der Waals surface area contributed by atoms with Crippen LogP contribution in [-0.2, 0) is 9.53 Å². The smallest absolute Gasteiger partial charge is 0.254 e. The van der Waals surface area contributed by atoms with Gasteiger partial charge in [-0.3, -0.25) is 9.59 Å². The van der Waals surface area contributed by atoms with Gasteiger partial charge in [0.05, 0.1) is 18.6 Å². The molecule has 2 aromatic rings. The van der Waals surface area contributed by atoms with E-state index in [1.54, 1.807) is 18.4 Å². The lowest BCUT2D eigenvalue weighted by molar-refractivity contribution is -0.125. The summed E-state index contributed by atoms with van der Waals surface area (Å²) in [7, 11) is 1.63. The van der Waals surface area contributed by atoms with Crippen molar-refractivity contribution < 1.29 is 14.3 Å². The summed E-state index contributed by atoms with van der Waals surface area (Å²) < 4.78 is 5.26. The van der Waals surface area contributed by atoms with Gasteiger partial charge in [0.2, 0.25) is 5.91 Å². The fourth-order valence-corrected chi connectivity index (χ4v) is 5.32. The van der Waals surface area contributed by atoms with Crippen molar-refractivity contribution in [2.75, 3.05) is 20.3 Å². The highest BCUT2D eigenvalue weighted by atomic mass is 32.1. The Morgan fingerprint density at radius 3 is 2.71 bits per heavy atom. The third kappa shape index (κ3) is 3.59. The highest BCUT2D eigenvalue weighted by Crippen LogP contribution is 2.44. The summed E-state index contributed by atoms with van der Waals surface area (Å²) in [5, 5.41) is 5.27. The van der Waals surface area contributed by atoms with Crippen molar-refractivity contribution in [1.82, 2.24) is 10.2 Å². The van der Waals surface area contributed by atoms with Crippen LogP contribution in [0.15, 0.2) is 41.8 Å². The molecule has 1 fully saturated rings. The first kappa shape index (κ1) is 19.2. The minimum absolute atomic E-state index is 0.0210. The van der Waals surface area contributed by atoms with Crippen LogP contribution in [0.3, 0.4) is 0 Å². The normalized spacial score (nSPS) is 22.3. The molecule has 1 aromatic carbocycles. The molecule has 1 aliphatic carbocycles. The van der Waals surface area contributed by atoms with E-state index in [-0.39, 0.29) is 23.9 Å². The fourth-order valence-electron chi connectivity index (χ4n) is 4.45. The van der Waals surface area contributed by atoms with E-state index in [0.29, 0.717) is 18.7 Å². The Balaban J connectivity index is 1.76. The van der Waals surface area contributed by atoms with E-state index in [4.69, 9.17) is 4.74 Å². The number of amides is 2. The Labute approximate surface area is 169 Å². The zero-order valence-corrected chi connectivity index (χ0v) is 16.9. The third-order valence-electron chi connectivity index (χ3n) is 5.79. The minimum Gasteiger partial charge on any atom is -0.383 e. The van der Waals surface area contributed by atoms with Gasteiger partial charge in [-0.25, -0.2) is 0 Å². The molecule has 1 N–H and O–H groups in total. The lowest BCUT2D eigenvalue weighted by Gasteiger charge is -2.41. The predicted octanol–water partition coefficient (Wildman–Crippen LogP) is 3.73. The number of benzene rings is 1. The van der Waals surface area contributed by atoms with Crippen LogP contribution in [-0.4, -0.2) is 43.0 Å². The van der Waals surface area contributed by atoms with Gasteiger partial charge in [0.15, 0.2) is 0 Å². The average Bonchev–Trinajstić information content (AvgIpc) is 3.41. The number of thiophene rings is 1. The molecule has 5 nitrogen and oxygen atoms in total. The molecule has 28 heavy (non-hydrogen) atoms. The maximum Gasteiger partial charge on any atom is 0.254 e. The Hall–Kier alpha value is -2.18. The number of nitrogens with one attached hydrogen (secondary N) is 1. The van der Waals surface area contributed by atoms with Crippen molar-refractivity contribution >= 4 is 23.2 Å². The molecule has 1 aliphatic heterocycles. The second kappa shape index (κ2) is 8.45. The summed E-state index contributed by atoms with van der Waals surface area (Å²) in [6.45, 7) is 0.895. The van der Waals surface area contributed by atoms with E-state index in [9.17, 15) is 9.59 Å². The van der Waals surface area contributed by atoms with E-state index in [0.717, 1.165) is 23.3 Å². The molecule has 4 rings (SSSR count). The molecule has 6 heteroatoms. The summed E-state index contributed by atoms with van der Waals surface area (Å²) in [6.07, 6.45) is 4.41. The molecule has 0 bridgehead atoms. The molecule has 2 atom stereocenters. The number of fused-ring (bicyclic) bond motifs is 1. The molecule has 148 valence electrons. The van der Waals surface area contributed by atoms with Crippen LogP contribution in [0.4, 0.5) is 0 Å². The predicted molar refractivity (Wildman–Crippen MR) is 110 cm³/mol. The van der Waals surface area contributed by atoms with Crippen LogP contribution >= 0.6 is 11.3 Å². The summed E-state index contributed by atoms with van der Waals surface area (Å²) >= 11 is 1.59. The van der Waals surface area contributed by atoms with E-state index in [1.165, 1.54) is 12.8 Å². The van der Waals surface area contributed by atoms with Crippen LogP contribution in [0.1, 0.15) is 58.4 Å². The second-order valence-electron chi connectivity index (χ2n) is 7.51. The molecule has 2 aliphatic rings. The highest BCUT2D eigenvalue weighted by molar-refractivity contribution is 7.10. The molecule has 1 saturated carbocycles. The maximum absolute atomic E-state index is 13.5. The van der Waals surface area contributed by atoms with Gasteiger partial charge in [0, 0.05) is 30.1 Å². The van der Waals surface area contributed by atoms with E-state index in [1.807, 2.05) is 46.7 Å². The average molecular weight is 399 g/mol. The van der Waals surface area contributed by atoms with Crippen molar-refractivity contribution in [2.45, 2.75) is 43.7 Å². The number of nitrogens with zero attached hydrogens (tertiary/aromatic N) is 1. The summed E-state index contributed by atoms with van der Waals surface area (Å²) in [6, 6.07) is 11.5. The molecule has 0 saturated heterocycles. The number of methoxy groups -OCH3 is 1. The van der Waals surface area contributed by atoms with Crippen molar-refractivity contribution in [3.8, 4) is 0 Å². The number of rotatable bonds is 6. The van der Waals surface area contributed by atoms with Gasteiger partial charge in [-0.2, -0.15) is 0 Å². The molecular formula is C22H26N2O3S. The van der Waals surface area contributed by atoms with Crippen LogP contribution in [0.2, 0.25) is 0 Å². The first-order valence-electron chi connectivity index (χ1n) is 9.93. The van der Waals surface area contributed by atoms with Gasteiger partial charge < -0.3 is 15.0 Å². The van der Waals surface area contributed by atoms with Crippen molar-refractivity contribution in [2.24, 2.45) is 0 Å². The van der Waals surface area contributed by atoms with Gasteiger partial charge >= 0.3 is 0 Å². The first-order valence-corrected chi connectivity index (χ1v) is 10.8. The third-order valence-corrected chi connectivity index (χ3v) is 6.74. The van der Waals surface area contributed by atoms with E-state index >= 15 is 0 Å². The lowest BCUT2D eigenvalue weighted by atomic mass is 9.81. The van der Waals surface area contributed by atoms with Gasteiger partial charge in [0.25, 0.3) is 5.91 Å². The Bertz CT molecular complexity index is 830. The van der Waals surface area contributed by atoms with Gasteiger partial charge in [-0.15, -0.1) is 11.3 Å². The zero-order valence-electron chi connectivity index (χ0n) is 16.1. The second-order valence-corrected chi connectivity index (χ2v) is 8.49. The first-order chi connectivity index (χ1) is 13.7. The van der Waals surface area contributed by atoms with Crippen LogP contribution in [0, 0.1) is 0 Å².